The van der Waals surface area contributed by atoms with Crippen LogP contribution in [0.3, 0.4) is 0 Å². The molecule has 3 N–H and O–H groups in total. The van der Waals surface area contributed by atoms with Crippen LogP contribution in [0.1, 0.15) is 79.5 Å². The molecule has 3 rings (SSSR count). The number of hydrogen-bond acceptors (Lipinski definition) is 7. The third kappa shape index (κ3) is 10.1. The Balaban J connectivity index is 2.11. The van der Waals surface area contributed by atoms with Gasteiger partial charge in [0.15, 0.2) is 0 Å². The lowest BCUT2D eigenvalue weighted by molar-refractivity contribution is -0.127. The Kier molecular flexibility index (Phi) is 11.7. The summed E-state index contributed by atoms with van der Waals surface area (Å²) in [6.07, 6.45) is -6.42. The van der Waals surface area contributed by atoms with Gasteiger partial charge in [-0.25, -0.2) is 4.79 Å². The average Bonchev–Trinajstić information content (AvgIpc) is 2.96. The molecule has 10 nitrogen and oxygen atoms in total. The number of halogens is 3. The van der Waals surface area contributed by atoms with Crippen molar-refractivity contribution in [3.8, 4) is 5.88 Å². The van der Waals surface area contributed by atoms with Crippen molar-refractivity contribution < 1.29 is 32.3 Å². The molecule has 45 heavy (non-hydrogen) atoms. The highest BCUT2D eigenvalue weighted by molar-refractivity contribution is 5.94. The summed E-state index contributed by atoms with van der Waals surface area (Å²) in [6, 6.07) is 14.7. The summed E-state index contributed by atoms with van der Waals surface area (Å²) >= 11 is 0. The fraction of sp³-hybridized carbons (Fsp3) is 0.438. The first kappa shape index (κ1) is 35.1. The number of alkyl carbamates (subject to hydrolysis) is 1. The van der Waals surface area contributed by atoms with E-state index in [1.165, 1.54) is 4.90 Å². The number of carbonyl (C=O) groups excluding carboxylic acids is 2. The summed E-state index contributed by atoms with van der Waals surface area (Å²) in [5.41, 5.74) is -0.475. The Morgan fingerprint density at radius 1 is 1.07 bits per heavy atom. The van der Waals surface area contributed by atoms with Crippen LogP contribution in [0.25, 0.3) is 0 Å². The molecule has 0 saturated carbocycles. The lowest BCUT2D eigenvalue weighted by atomic mass is 10.1. The van der Waals surface area contributed by atoms with Crippen molar-refractivity contribution in [2.45, 2.75) is 78.2 Å². The number of nitrogens with two attached hydrogens (primary N) is 1. The quantitative estimate of drug-likeness (QED) is 0.201. The number of aryl methyl sites for hydroxylation is 1. The molecule has 2 aromatic carbocycles. The number of carbonyl (C=O) groups is 2. The van der Waals surface area contributed by atoms with Gasteiger partial charge in [0.25, 0.3) is 11.5 Å². The van der Waals surface area contributed by atoms with Gasteiger partial charge in [0, 0.05) is 18.7 Å². The summed E-state index contributed by atoms with van der Waals surface area (Å²) in [5.74, 6) is 4.31. The molecular formula is C32H40F3N5O5. The molecule has 1 atom stereocenters. The minimum absolute atomic E-state index is 0.0123. The molecule has 0 fully saturated rings. The van der Waals surface area contributed by atoms with Gasteiger partial charge in [-0.15, -0.1) is 0 Å². The standard InChI is InChI=1S/C32H40F3N5O5/c1-6-25(39(28(41)23-15-13-21(2)14-16-23)18-10-17-37-30(43)44-31(3,4)5)26-38-27(45-36)24(19-32(33,34)35)29(42)40(26)20-22-11-8-7-9-12-22/h7-9,11-16,25H,6,10,17-20,36H2,1-5H3,(H,37,43). The van der Waals surface area contributed by atoms with Crippen LogP contribution in [-0.2, 0) is 17.7 Å². The van der Waals surface area contributed by atoms with E-state index in [0.29, 0.717) is 17.5 Å². The van der Waals surface area contributed by atoms with Crippen molar-refractivity contribution in [2.75, 3.05) is 13.1 Å². The van der Waals surface area contributed by atoms with E-state index in [0.717, 1.165) is 10.1 Å². The van der Waals surface area contributed by atoms with Gasteiger partial charge in [0.1, 0.15) is 11.4 Å². The number of ether oxygens (including phenoxy) is 1. The topological polar surface area (TPSA) is 129 Å². The zero-order valence-electron chi connectivity index (χ0n) is 26.1. The van der Waals surface area contributed by atoms with Gasteiger partial charge >= 0.3 is 12.3 Å². The largest absolute Gasteiger partial charge is 0.444 e. The highest BCUT2D eigenvalue weighted by Crippen LogP contribution is 2.30. The van der Waals surface area contributed by atoms with Crippen molar-refractivity contribution in [3.63, 3.8) is 0 Å². The number of nitrogens with zero attached hydrogens (tertiary/aromatic N) is 3. The van der Waals surface area contributed by atoms with Crippen LogP contribution >= 0.6 is 0 Å². The van der Waals surface area contributed by atoms with E-state index in [1.807, 2.05) is 6.92 Å². The minimum atomic E-state index is -4.74. The molecule has 0 aliphatic carbocycles. The molecule has 0 aliphatic heterocycles. The van der Waals surface area contributed by atoms with Crippen LogP contribution in [0.4, 0.5) is 18.0 Å². The number of hydrogen-bond donors (Lipinski definition) is 2. The maximum absolute atomic E-state index is 14.0. The van der Waals surface area contributed by atoms with Crippen LogP contribution in [0.15, 0.2) is 59.4 Å². The zero-order chi connectivity index (χ0) is 33.4. The Labute approximate surface area is 260 Å². The Hall–Kier alpha value is -4.39. The molecule has 0 radical (unpaired) electrons. The molecular weight excluding hydrogens is 591 g/mol. The summed E-state index contributed by atoms with van der Waals surface area (Å²) in [7, 11) is 0. The van der Waals surface area contributed by atoms with Crippen molar-refractivity contribution in [2.24, 2.45) is 5.90 Å². The molecule has 244 valence electrons. The average molecular weight is 632 g/mol. The second-order valence-electron chi connectivity index (χ2n) is 11.6. The molecule has 0 spiro atoms. The Morgan fingerprint density at radius 3 is 2.27 bits per heavy atom. The summed E-state index contributed by atoms with van der Waals surface area (Å²) in [6.45, 7) is 9.02. The predicted octanol–water partition coefficient (Wildman–Crippen LogP) is 5.47. The molecule has 1 heterocycles. The van der Waals surface area contributed by atoms with Gasteiger partial charge in [-0.1, -0.05) is 55.0 Å². The summed E-state index contributed by atoms with van der Waals surface area (Å²) in [5, 5.41) is 2.67. The Bertz CT molecular complexity index is 1500. The monoisotopic (exact) mass is 631 g/mol. The van der Waals surface area contributed by atoms with E-state index >= 15 is 0 Å². The van der Waals surface area contributed by atoms with Crippen LogP contribution in [-0.4, -0.2) is 51.3 Å². The van der Waals surface area contributed by atoms with Crippen LogP contribution in [0.2, 0.25) is 0 Å². The fourth-order valence-electron chi connectivity index (χ4n) is 4.77. The highest BCUT2D eigenvalue weighted by Gasteiger charge is 2.35. The normalized spacial score (nSPS) is 12.4. The number of benzene rings is 2. The van der Waals surface area contributed by atoms with E-state index in [9.17, 15) is 27.6 Å². The van der Waals surface area contributed by atoms with Gasteiger partial charge in [-0.2, -0.15) is 24.1 Å². The van der Waals surface area contributed by atoms with Gasteiger partial charge < -0.3 is 19.8 Å². The van der Waals surface area contributed by atoms with Crippen molar-refractivity contribution in [1.29, 1.82) is 0 Å². The van der Waals surface area contributed by atoms with Crippen LogP contribution in [0, 0.1) is 6.92 Å². The van der Waals surface area contributed by atoms with Crippen molar-refractivity contribution >= 4 is 12.0 Å². The molecule has 13 heteroatoms. The third-order valence-electron chi connectivity index (χ3n) is 6.79. The number of nitrogens with one attached hydrogen (secondary N) is 1. The summed E-state index contributed by atoms with van der Waals surface area (Å²) in [4.78, 5) is 50.5. The molecule has 0 aliphatic rings. The third-order valence-corrected chi connectivity index (χ3v) is 6.79. The maximum Gasteiger partial charge on any atom is 0.407 e. The van der Waals surface area contributed by atoms with Crippen molar-refractivity contribution in [1.82, 2.24) is 19.8 Å². The summed E-state index contributed by atoms with van der Waals surface area (Å²) < 4.78 is 47.0. The molecule has 2 amide bonds. The van der Waals surface area contributed by atoms with Gasteiger partial charge in [-0.3, -0.25) is 14.2 Å². The van der Waals surface area contributed by atoms with Gasteiger partial charge in [0.05, 0.1) is 24.6 Å². The van der Waals surface area contributed by atoms with E-state index in [2.05, 4.69) is 10.3 Å². The fourth-order valence-corrected chi connectivity index (χ4v) is 4.77. The molecule has 1 unspecified atom stereocenters. The number of amides is 2. The number of rotatable bonds is 12. The first-order valence-corrected chi connectivity index (χ1v) is 14.6. The zero-order valence-corrected chi connectivity index (χ0v) is 26.1. The molecule has 0 saturated heterocycles. The number of aromatic nitrogens is 2. The molecule has 1 aromatic heterocycles. The lowest BCUT2D eigenvalue weighted by Crippen LogP contribution is -2.42. The van der Waals surface area contributed by atoms with Crippen LogP contribution in [0.5, 0.6) is 5.88 Å². The first-order chi connectivity index (χ1) is 21.1. The SMILES string of the molecule is CCC(c1nc(ON)c(CC(F)(F)F)c(=O)n1Cc1ccccc1)N(CCCNC(=O)OC(C)(C)C)C(=O)c1ccc(C)cc1. The van der Waals surface area contributed by atoms with Crippen LogP contribution < -0.4 is 21.6 Å². The predicted molar refractivity (Wildman–Crippen MR) is 163 cm³/mol. The number of alkyl halides is 3. The van der Waals surface area contributed by atoms with E-state index in [4.69, 9.17) is 15.5 Å². The lowest BCUT2D eigenvalue weighted by Gasteiger charge is -2.33. The molecule has 0 bridgehead atoms. The smallest absolute Gasteiger partial charge is 0.407 e. The van der Waals surface area contributed by atoms with Crippen molar-refractivity contribution in [3.05, 3.63) is 93.0 Å². The van der Waals surface area contributed by atoms with E-state index < -0.39 is 53.2 Å². The van der Waals surface area contributed by atoms with E-state index in [1.54, 1.807) is 82.3 Å². The Morgan fingerprint density at radius 2 is 1.71 bits per heavy atom. The maximum atomic E-state index is 14.0. The second kappa shape index (κ2) is 15.1. The van der Waals surface area contributed by atoms with Gasteiger partial charge in [-0.05, 0) is 58.2 Å². The van der Waals surface area contributed by atoms with E-state index in [-0.39, 0.29) is 31.9 Å². The first-order valence-electron chi connectivity index (χ1n) is 14.6. The minimum Gasteiger partial charge on any atom is -0.444 e. The van der Waals surface area contributed by atoms with Gasteiger partial charge in [0.2, 0.25) is 5.88 Å². The highest BCUT2D eigenvalue weighted by atomic mass is 19.4. The molecule has 3 aromatic rings. The second-order valence-corrected chi connectivity index (χ2v) is 11.6.